The lowest BCUT2D eigenvalue weighted by atomic mass is 10.1. The predicted octanol–water partition coefficient (Wildman–Crippen LogP) is 4.13. The first-order chi connectivity index (χ1) is 14.7. The van der Waals surface area contributed by atoms with Gasteiger partial charge in [-0.15, -0.1) is 0 Å². The van der Waals surface area contributed by atoms with E-state index in [1.165, 1.54) is 6.08 Å². The number of imide groups is 1. The highest BCUT2D eigenvalue weighted by atomic mass is 35.5. The number of hydrogen-bond acceptors (Lipinski definition) is 3. The number of fused-ring (bicyclic) bond motifs is 1. The van der Waals surface area contributed by atoms with Gasteiger partial charge in [-0.05, 0) is 36.3 Å². The first kappa shape index (κ1) is 20.5. The minimum absolute atomic E-state index is 0.177. The second-order valence-electron chi connectivity index (χ2n) is 6.91. The van der Waals surface area contributed by atoms with Gasteiger partial charge in [0.2, 0.25) is 0 Å². The predicted molar refractivity (Wildman–Crippen MR) is 110 cm³/mol. The standard InChI is InChI=1S/C21H14ClF2N3O4/c1-9-13(22)4-3-12-11(8-25-18(9)12)6-15-20(30)27(21(31)26-15)19-10(7-16(28)29)2-5-14(23)17(19)24/h2-6,8,25H,7H2,1H3,(H,26,31)(H,28,29)/b15-6-. The van der Waals surface area contributed by atoms with E-state index in [-0.39, 0.29) is 11.3 Å². The fourth-order valence-corrected chi connectivity index (χ4v) is 3.64. The maximum atomic E-state index is 14.5. The van der Waals surface area contributed by atoms with Crippen molar-refractivity contribution in [3.63, 3.8) is 0 Å². The molecule has 1 aromatic heterocycles. The van der Waals surface area contributed by atoms with Gasteiger partial charge in [0.15, 0.2) is 11.6 Å². The van der Waals surface area contributed by atoms with Crippen LogP contribution in [0.25, 0.3) is 17.0 Å². The average molecular weight is 446 g/mol. The maximum absolute atomic E-state index is 14.5. The highest BCUT2D eigenvalue weighted by Gasteiger charge is 2.39. The van der Waals surface area contributed by atoms with Gasteiger partial charge in [-0.2, -0.15) is 0 Å². The van der Waals surface area contributed by atoms with E-state index in [0.717, 1.165) is 28.6 Å². The fraction of sp³-hybridized carbons (Fsp3) is 0.0952. The van der Waals surface area contributed by atoms with Crippen molar-refractivity contribution in [2.24, 2.45) is 0 Å². The molecule has 7 nitrogen and oxygen atoms in total. The third kappa shape index (κ3) is 3.42. The van der Waals surface area contributed by atoms with E-state index in [4.69, 9.17) is 16.7 Å². The number of anilines is 1. The van der Waals surface area contributed by atoms with Gasteiger partial charge >= 0.3 is 12.0 Å². The summed E-state index contributed by atoms with van der Waals surface area (Å²) in [4.78, 5) is 39.9. The summed E-state index contributed by atoms with van der Waals surface area (Å²) in [5.41, 5.74) is 0.984. The van der Waals surface area contributed by atoms with Crippen molar-refractivity contribution in [1.82, 2.24) is 10.3 Å². The molecule has 3 N–H and O–H groups in total. The molecule has 0 radical (unpaired) electrons. The number of hydrogen-bond donors (Lipinski definition) is 3. The van der Waals surface area contributed by atoms with Crippen LogP contribution in [-0.4, -0.2) is 28.0 Å². The van der Waals surface area contributed by atoms with Crippen LogP contribution < -0.4 is 10.2 Å². The second kappa shape index (κ2) is 7.51. The van der Waals surface area contributed by atoms with Gasteiger partial charge in [-0.3, -0.25) is 9.59 Å². The largest absolute Gasteiger partial charge is 0.481 e. The Hall–Kier alpha value is -3.72. The van der Waals surface area contributed by atoms with Gasteiger partial charge in [0.1, 0.15) is 5.70 Å². The topological polar surface area (TPSA) is 102 Å². The lowest BCUT2D eigenvalue weighted by Gasteiger charge is -2.17. The lowest BCUT2D eigenvalue weighted by molar-refractivity contribution is -0.136. The summed E-state index contributed by atoms with van der Waals surface area (Å²) in [7, 11) is 0. The van der Waals surface area contributed by atoms with E-state index in [1.807, 2.05) is 6.92 Å². The minimum atomic E-state index is -1.49. The van der Waals surface area contributed by atoms with Crippen LogP contribution in [0, 0.1) is 18.6 Å². The van der Waals surface area contributed by atoms with Crippen LogP contribution in [0.5, 0.6) is 0 Å². The molecular weight excluding hydrogens is 432 g/mol. The molecule has 1 saturated heterocycles. The Morgan fingerprint density at radius 2 is 1.97 bits per heavy atom. The summed E-state index contributed by atoms with van der Waals surface area (Å²) < 4.78 is 28.4. The van der Waals surface area contributed by atoms with Gasteiger partial charge in [0, 0.05) is 22.2 Å². The summed E-state index contributed by atoms with van der Waals surface area (Å²) in [5.74, 6) is -5.07. The molecule has 158 valence electrons. The number of aromatic amines is 1. The molecule has 0 saturated carbocycles. The highest BCUT2D eigenvalue weighted by Crippen LogP contribution is 2.32. The summed E-state index contributed by atoms with van der Waals surface area (Å²) in [6.07, 6.45) is 2.30. The van der Waals surface area contributed by atoms with Gasteiger partial charge in [-0.1, -0.05) is 23.7 Å². The zero-order valence-corrected chi connectivity index (χ0v) is 16.7. The number of nitrogens with one attached hydrogen (secondary N) is 2. The number of aryl methyl sites for hydroxylation is 1. The van der Waals surface area contributed by atoms with E-state index in [2.05, 4.69) is 10.3 Å². The third-order valence-electron chi connectivity index (χ3n) is 4.98. The van der Waals surface area contributed by atoms with Crippen LogP contribution >= 0.6 is 11.6 Å². The molecule has 10 heteroatoms. The van der Waals surface area contributed by atoms with Gasteiger partial charge in [0.05, 0.1) is 17.6 Å². The molecule has 3 aromatic rings. The van der Waals surface area contributed by atoms with Gasteiger partial charge < -0.3 is 15.4 Å². The van der Waals surface area contributed by atoms with E-state index in [1.54, 1.807) is 18.3 Å². The Kier molecular flexibility index (Phi) is 4.98. The number of benzene rings is 2. The van der Waals surface area contributed by atoms with Crippen LogP contribution in [0.1, 0.15) is 16.7 Å². The van der Waals surface area contributed by atoms with E-state index >= 15 is 0 Å². The zero-order chi connectivity index (χ0) is 22.4. The molecule has 1 aliphatic heterocycles. The maximum Gasteiger partial charge on any atom is 0.333 e. The molecule has 4 rings (SSSR count). The Morgan fingerprint density at radius 1 is 1.23 bits per heavy atom. The van der Waals surface area contributed by atoms with Crippen LogP contribution in [0.3, 0.4) is 0 Å². The van der Waals surface area contributed by atoms with Crippen LogP contribution in [0.15, 0.2) is 36.2 Å². The van der Waals surface area contributed by atoms with Crippen LogP contribution in [0.4, 0.5) is 19.3 Å². The van der Waals surface area contributed by atoms with Crippen molar-refractivity contribution >= 4 is 52.2 Å². The number of carboxylic acid groups (broad SMARTS) is 1. The number of nitrogens with zero attached hydrogens (tertiary/aromatic N) is 1. The van der Waals surface area contributed by atoms with E-state index < -0.39 is 41.7 Å². The van der Waals surface area contributed by atoms with Crippen molar-refractivity contribution in [2.45, 2.75) is 13.3 Å². The number of carboxylic acids is 1. The normalized spacial score (nSPS) is 15.2. The Balaban J connectivity index is 1.79. The summed E-state index contributed by atoms with van der Waals surface area (Å²) in [6, 6.07) is 4.18. The number of H-pyrrole nitrogens is 1. The van der Waals surface area contributed by atoms with Crippen LogP contribution in [-0.2, 0) is 16.0 Å². The molecule has 2 aromatic carbocycles. The first-order valence-electron chi connectivity index (χ1n) is 9.01. The highest BCUT2D eigenvalue weighted by molar-refractivity contribution is 6.32. The number of amides is 3. The van der Waals surface area contributed by atoms with Crippen molar-refractivity contribution in [2.75, 3.05) is 4.90 Å². The molecule has 1 aliphatic rings. The third-order valence-corrected chi connectivity index (χ3v) is 5.39. The number of urea groups is 1. The zero-order valence-electron chi connectivity index (χ0n) is 15.9. The van der Waals surface area contributed by atoms with Crippen molar-refractivity contribution < 1.29 is 28.3 Å². The Labute approximate surface area is 178 Å². The lowest BCUT2D eigenvalue weighted by Crippen LogP contribution is -2.33. The number of aliphatic carboxylic acids is 1. The Bertz CT molecular complexity index is 1320. The molecule has 1 fully saturated rings. The molecule has 0 unspecified atom stereocenters. The smallest absolute Gasteiger partial charge is 0.333 e. The molecule has 3 amide bonds. The summed E-state index contributed by atoms with van der Waals surface area (Å²) in [6.45, 7) is 1.82. The molecule has 0 spiro atoms. The average Bonchev–Trinajstić information content (AvgIpc) is 3.23. The quantitative estimate of drug-likeness (QED) is 0.415. The summed E-state index contributed by atoms with van der Waals surface area (Å²) >= 11 is 6.11. The van der Waals surface area contributed by atoms with E-state index in [0.29, 0.717) is 15.5 Å². The number of carbonyl (C=O) groups is 3. The molecule has 0 bridgehead atoms. The first-order valence-corrected chi connectivity index (χ1v) is 9.38. The molecule has 0 atom stereocenters. The summed E-state index contributed by atoms with van der Waals surface area (Å²) in [5, 5.41) is 12.7. The van der Waals surface area contributed by atoms with Gasteiger partial charge in [-0.25, -0.2) is 18.5 Å². The number of carbonyl (C=O) groups excluding carboxylic acids is 2. The number of aromatic nitrogens is 1. The SMILES string of the molecule is Cc1c(Cl)ccc2c(/C=C3\NC(=O)N(c4c(CC(=O)O)ccc(F)c4F)C3=O)c[nH]c12. The monoisotopic (exact) mass is 445 g/mol. The number of rotatable bonds is 4. The second-order valence-corrected chi connectivity index (χ2v) is 7.31. The van der Waals surface area contributed by atoms with Crippen molar-refractivity contribution in [3.8, 4) is 0 Å². The van der Waals surface area contributed by atoms with Crippen LogP contribution in [0.2, 0.25) is 5.02 Å². The fourth-order valence-electron chi connectivity index (χ4n) is 3.48. The van der Waals surface area contributed by atoms with Crippen molar-refractivity contribution in [1.29, 1.82) is 0 Å². The van der Waals surface area contributed by atoms with E-state index in [9.17, 15) is 23.2 Å². The molecular formula is C21H14ClF2N3O4. The molecule has 0 aliphatic carbocycles. The number of halogens is 3. The van der Waals surface area contributed by atoms with Gasteiger partial charge in [0.25, 0.3) is 5.91 Å². The Morgan fingerprint density at radius 3 is 2.68 bits per heavy atom. The molecule has 31 heavy (non-hydrogen) atoms. The molecule has 2 heterocycles. The van der Waals surface area contributed by atoms with Crippen molar-refractivity contribution in [3.05, 3.63) is 69.5 Å². The minimum Gasteiger partial charge on any atom is -0.481 e.